The Hall–Kier alpha value is -0.590. The molecule has 96 valence electrons. The third kappa shape index (κ3) is 3.20. The summed E-state index contributed by atoms with van der Waals surface area (Å²) in [6, 6.07) is 2.99. The van der Waals surface area contributed by atoms with Crippen molar-refractivity contribution in [2.75, 3.05) is 13.1 Å². The fourth-order valence-corrected chi connectivity index (χ4v) is 3.44. The van der Waals surface area contributed by atoms with E-state index in [1.807, 2.05) is 6.92 Å². The molecule has 2 N–H and O–H groups in total. The SMILES string of the molecule is CC(N)(C#N)CCN1CCCC1C1CCCC1. The van der Waals surface area contributed by atoms with E-state index in [-0.39, 0.29) is 0 Å². The van der Waals surface area contributed by atoms with Crippen molar-refractivity contribution >= 4 is 0 Å². The summed E-state index contributed by atoms with van der Waals surface area (Å²) in [6.45, 7) is 4.05. The molecule has 0 spiro atoms. The Kier molecular flexibility index (Phi) is 4.06. The molecule has 17 heavy (non-hydrogen) atoms. The zero-order valence-corrected chi connectivity index (χ0v) is 11.0. The second kappa shape index (κ2) is 5.37. The Balaban J connectivity index is 1.85. The highest BCUT2D eigenvalue weighted by atomic mass is 15.2. The minimum Gasteiger partial charge on any atom is -0.314 e. The van der Waals surface area contributed by atoms with Crippen molar-refractivity contribution in [1.82, 2.24) is 4.90 Å². The average Bonchev–Trinajstić information content (AvgIpc) is 2.96. The van der Waals surface area contributed by atoms with Crippen LogP contribution in [0.2, 0.25) is 0 Å². The molecule has 1 aliphatic carbocycles. The molecule has 1 aliphatic heterocycles. The predicted octanol–water partition coefficient (Wildman–Crippen LogP) is 2.27. The molecule has 3 nitrogen and oxygen atoms in total. The Bertz CT molecular complexity index is 286. The van der Waals surface area contributed by atoms with Gasteiger partial charge in [-0.1, -0.05) is 12.8 Å². The first kappa shape index (κ1) is 12.9. The molecule has 2 fully saturated rings. The molecule has 1 saturated carbocycles. The van der Waals surface area contributed by atoms with Crippen LogP contribution in [-0.2, 0) is 0 Å². The molecule has 2 aliphatic rings. The smallest absolute Gasteiger partial charge is 0.102 e. The van der Waals surface area contributed by atoms with Gasteiger partial charge < -0.3 is 10.6 Å². The maximum atomic E-state index is 8.95. The minimum atomic E-state index is -0.650. The topological polar surface area (TPSA) is 53.1 Å². The van der Waals surface area contributed by atoms with Crippen LogP contribution in [0.25, 0.3) is 0 Å². The van der Waals surface area contributed by atoms with Crippen LogP contribution in [0, 0.1) is 17.2 Å². The van der Waals surface area contributed by atoms with Gasteiger partial charge in [0.25, 0.3) is 0 Å². The van der Waals surface area contributed by atoms with Crippen molar-refractivity contribution in [3.8, 4) is 6.07 Å². The van der Waals surface area contributed by atoms with Crippen LogP contribution in [0.5, 0.6) is 0 Å². The molecule has 2 rings (SSSR count). The normalized spacial score (nSPS) is 30.3. The lowest BCUT2D eigenvalue weighted by Gasteiger charge is -2.30. The Morgan fingerprint density at radius 1 is 1.29 bits per heavy atom. The lowest BCUT2D eigenvalue weighted by molar-refractivity contribution is 0.181. The third-order valence-corrected chi connectivity index (χ3v) is 4.53. The first-order valence-electron chi connectivity index (χ1n) is 7.06. The number of nitrogens with zero attached hydrogens (tertiary/aromatic N) is 2. The van der Waals surface area contributed by atoms with Crippen LogP contribution in [0.1, 0.15) is 51.9 Å². The highest BCUT2D eigenvalue weighted by Gasteiger charge is 2.33. The predicted molar refractivity (Wildman–Crippen MR) is 69.4 cm³/mol. The van der Waals surface area contributed by atoms with E-state index in [9.17, 15) is 0 Å². The van der Waals surface area contributed by atoms with Crippen LogP contribution >= 0.6 is 0 Å². The van der Waals surface area contributed by atoms with Crippen molar-refractivity contribution in [1.29, 1.82) is 5.26 Å². The summed E-state index contributed by atoms with van der Waals surface area (Å²) in [5.74, 6) is 0.920. The lowest BCUT2D eigenvalue weighted by atomic mass is 9.95. The van der Waals surface area contributed by atoms with E-state index in [1.54, 1.807) is 0 Å². The molecule has 1 heterocycles. The maximum Gasteiger partial charge on any atom is 0.102 e. The van der Waals surface area contributed by atoms with Crippen LogP contribution in [0.3, 0.4) is 0 Å². The quantitative estimate of drug-likeness (QED) is 0.813. The van der Waals surface area contributed by atoms with Gasteiger partial charge in [-0.05, 0) is 51.5 Å². The van der Waals surface area contributed by atoms with Gasteiger partial charge in [-0.15, -0.1) is 0 Å². The first-order valence-corrected chi connectivity index (χ1v) is 7.06. The van der Waals surface area contributed by atoms with Crippen LogP contribution in [0.15, 0.2) is 0 Å². The van der Waals surface area contributed by atoms with Crippen molar-refractivity contribution in [2.45, 2.75) is 63.5 Å². The molecule has 0 amide bonds. The van der Waals surface area contributed by atoms with E-state index >= 15 is 0 Å². The van der Waals surface area contributed by atoms with Gasteiger partial charge in [0.2, 0.25) is 0 Å². The number of nitrogens with two attached hydrogens (primary N) is 1. The van der Waals surface area contributed by atoms with Gasteiger partial charge in [0.15, 0.2) is 0 Å². The molecule has 0 aromatic carbocycles. The Morgan fingerprint density at radius 3 is 2.65 bits per heavy atom. The van der Waals surface area contributed by atoms with Crippen molar-refractivity contribution in [2.24, 2.45) is 11.7 Å². The number of nitriles is 1. The monoisotopic (exact) mass is 235 g/mol. The van der Waals surface area contributed by atoms with Crippen molar-refractivity contribution in [3.05, 3.63) is 0 Å². The van der Waals surface area contributed by atoms with Crippen LogP contribution in [-0.4, -0.2) is 29.6 Å². The maximum absolute atomic E-state index is 8.95. The van der Waals surface area contributed by atoms with Gasteiger partial charge >= 0.3 is 0 Å². The minimum absolute atomic E-state index is 0.650. The van der Waals surface area contributed by atoms with Gasteiger partial charge in [-0.2, -0.15) is 5.26 Å². The molecule has 0 radical (unpaired) electrons. The molecule has 2 atom stereocenters. The number of rotatable bonds is 4. The van der Waals surface area contributed by atoms with Gasteiger partial charge in [0.05, 0.1) is 6.07 Å². The molecule has 0 bridgehead atoms. The van der Waals surface area contributed by atoms with E-state index < -0.39 is 5.54 Å². The zero-order valence-electron chi connectivity index (χ0n) is 11.0. The highest BCUT2D eigenvalue weighted by molar-refractivity contribution is 5.01. The molecular formula is C14H25N3. The van der Waals surface area contributed by atoms with Crippen molar-refractivity contribution in [3.63, 3.8) is 0 Å². The number of likely N-dealkylation sites (tertiary alicyclic amines) is 1. The molecule has 0 aromatic heterocycles. The van der Waals surface area contributed by atoms with Crippen molar-refractivity contribution < 1.29 is 0 Å². The number of hydrogen-bond donors (Lipinski definition) is 1. The zero-order chi connectivity index (χ0) is 12.3. The summed E-state index contributed by atoms with van der Waals surface area (Å²) in [5, 5.41) is 8.95. The summed E-state index contributed by atoms with van der Waals surface area (Å²) in [4.78, 5) is 2.60. The molecule has 0 aromatic rings. The van der Waals surface area contributed by atoms with Gasteiger partial charge in [-0.25, -0.2) is 0 Å². The Labute approximate surface area is 105 Å². The van der Waals surface area contributed by atoms with Crippen LogP contribution < -0.4 is 5.73 Å². The van der Waals surface area contributed by atoms with E-state index in [0.29, 0.717) is 0 Å². The van der Waals surface area contributed by atoms with Gasteiger partial charge in [-0.3, -0.25) is 0 Å². The standard InChI is InChI=1S/C14H25N3/c1-14(16,11-15)8-10-17-9-4-7-13(17)12-5-2-3-6-12/h12-13H,2-10,16H2,1H3. The highest BCUT2D eigenvalue weighted by Crippen LogP contribution is 2.35. The lowest BCUT2D eigenvalue weighted by Crippen LogP contribution is -2.42. The Morgan fingerprint density at radius 2 is 2.00 bits per heavy atom. The summed E-state index contributed by atoms with van der Waals surface area (Å²) >= 11 is 0. The second-order valence-electron chi connectivity index (χ2n) is 6.07. The fraction of sp³-hybridized carbons (Fsp3) is 0.929. The molecule has 1 saturated heterocycles. The van der Waals surface area contributed by atoms with E-state index in [2.05, 4.69) is 11.0 Å². The van der Waals surface area contributed by atoms with Crippen LogP contribution in [0.4, 0.5) is 0 Å². The summed E-state index contributed by atoms with van der Waals surface area (Å²) < 4.78 is 0. The average molecular weight is 235 g/mol. The summed E-state index contributed by atoms with van der Waals surface area (Å²) in [5.41, 5.74) is 5.26. The molecule has 2 unspecified atom stereocenters. The summed E-state index contributed by atoms with van der Waals surface area (Å²) in [7, 11) is 0. The second-order valence-corrected chi connectivity index (χ2v) is 6.07. The van der Waals surface area contributed by atoms with Gasteiger partial charge in [0.1, 0.15) is 5.54 Å². The van der Waals surface area contributed by atoms with Gasteiger partial charge in [0, 0.05) is 12.6 Å². The molecular weight excluding hydrogens is 210 g/mol. The molecule has 3 heteroatoms. The van der Waals surface area contributed by atoms with E-state index in [1.165, 1.54) is 45.1 Å². The number of hydrogen-bond acceptors (Lipinski definition) is 3. The third-order valence-electron chi connectivity index (χ3n) is 4.53. The summed E-state index contributed by atoms with van der Waals surface area (Å²) in [6.07, 6.45) is 9.16. The van der Waals surface area contributed by atoms with E-state index in [4.69, 9.17) is 11.0 Å². The largest absolute Gasteiger partial charge is 0.314 e. The van der Waals surface area contributed by atoms with E-state index in [0.717, 1.165) is 24.9 Å². The first-order chi connectivity index (χ1) is 8.12. The fourth-order valence-electron chi connectivity index (χ4n) is 3.44.